The highest BCUT2D eigenvalue weighted by Crippen LogP contribution is 2.23. The minimum atomic E-state index is 0.600. The fourth-order valence-corrected chi connectivity index (χ4v) is 2.18. The molecule has 1 saturated carbocycles. The molecule has 0 heterocycles. The third-order valence-corrected chi connectivity index (χ3v) is 3.24. The van der Waals surface area contributed by atoms with Crippen molar-refractivity contribution in [1.29, 1.82) is 0 Å². The van der Waals surface area contributed by atoms with Crippen LogP contribution in [0.4, 0.5) is 0 Å². The number of hydrogen-bond acceptors (Lipinski definition) is 1. The molecule has 0 atom stereocenters. The Morgan fingerprint density at radius 3 is 2.54 bits per heavy atom. The van der Waals surface area contributed by atoms with E-state index in [1.807, 2.05) is 0 Å². The van der Waals surface area contributed by atoms with Crippen molar-refractivity contribution in [1.82, 2.24) is 4.90 Å². The Kier molecular flexibility index (Phi) is 4.82. The molecule has 0 aromatic carbocycles. The first kappa shape index (κ1) is 11.1. The summed E-state index contributed by atoms with van der Waals surface area (Å²) in [4.78, 5) is 2.51. The minimum Gasteiger partial charge on any atom is -0.297 e. The third-order valence-electron chi connectivity index (χ3n) is 2.86. The molecule has 1 fully saturated rings. The summed E-state index contributed by atoms with van der Waals surface area (Å²) in [7, 11) is 0. The molecule has 1 nitrogen and oxygen atoms in total. The quantitative estimate of drug-likeness (QED) is 0.488. The molecular weight excluding hydrogens is 182 g/mol. The predicted molar refractivity (Wildman–Crippen MR) is 59.4 cm³/mol. The van der Waals surface area contributed by atoms with Gasteiger partial charge in [0.25, 0.3) is 0 Å². The molecule has 0 N–H and O–H groups in total. The zero-order chi connectivity index (χ0) is 9.68. The first-order chi connectivity index (χ1) is 6.27. The second-order valence-electron chi connectivity index (χ2n) is 3.89. The van der Waals surface area contributed by atoms with E-state index < -0.39 is 0 Å². The summed E-state index contributed by atoms with van der Waals surface area (Å²) in [6.07, 6.45) is 5.52. The second-order valence-corrected chi connectivity index (χ2v) is 4.15. The fraction of sp³-hybridized carbons (Fsp3) is 0.818. The van der Waals surface area contributed by atoms with Gasteiger partial charge in [-0.15, -0.1) is 11.6 Å². The Hall–Kier alpha value is -0.0100. The van der Waals surface area contributed by atoms with Crippen LogP contribution in [-0.2, 0) is 0 Å². The zero-order valence-electron chi connectivity index (χ0n) is 8.56. The Bertz CT molecular complexity index is 161. The van der Waals surface area contributed by atoms with E-state index in [-0.39, 0.29) is 0 Å². The summed E-state index contributed by atoms with van der Waals surface area (Å²) in [6.45, 7) is 8.30. The van der Waals surface area contributed by atoms with Crippen molar-refractivity contribution in [3.63, 3.8) is 0 Å². The van der Waals surface area contributed by atoms with Gasteiger partial charge in [-0.1, -0.05) is 26.3 Å². The van der Waals surface area contributed by atoms with Crippen LogP contribution >= 0.6 is 11.6 Å². The standard InChI is InChI=1S/C11H20ClN/c1-3-13(9-10(2)8-12)11-6-4-5-7-11/h11H,2-9H2,1H3. The lowest BCUT2D eigenvalue weighted by Crippen LogP contribution is -2.34. The Labute approximate surface area is 86.8 Å². The molecule has 0 saturated heterocycles. The van der Waals surface area contributed by atoms with Crippen LogP contribution in [0.2, 0.25) is 0 Å². The van der Waals surface area contributed by atoms with Gasteiger partial charge in [0, 0.05) is 18.5 Å². The highest BCUT2D eigenvalue weighted by molar-refractivity contribution is 6.19. The van der Waals surface area contributed by atoms with Gasteiger partial charge in [-0.25, -0.2) is 0 Å². The smallest absolute Gasteiger partial charge is 0.0443 e. The van der Waals surface area contributed by atoms with Crippen LogP contribution in [0.5, 0.6) is 0 Å². The van der Waals surface area contributed by atoms with Gasteiger partial charge in [-0.05, 0) is 25.0 Å². The molecular formula is C11H20ClN. The lowest BCUT2D eigenvalue weighted by molar-refractivity contribution is 0.227. The zero-order valence-corrected chi connectivity index (χ0v) is 9.32. The van der Waals surface area contributed by atoms with Gasteiger partial charge in [0.15, 0.2) is 0 Å². The molecule has 0 aromatic rings. The van der Waals surface area contributed by atoms with Gasteiger partial charge in [0.05, 0.1) is 0 Å². The minimum absolute atomic E-state index is 0.600. The summed E-state index contributed by atoms with van der Waals surface area (Å²) in [5.74, 6) is 0.600. The van der Waals surface area contributed by atoms with Crippen molar-refractivity contribution < 1.29 is 0 Å². The second kappa shape index (κ2) is 5.66. The normalized spacial score (nSPS) is 18.4. The number of rotatable bonds is 5. The van der Waals surface area contributed by atoms with Gasteiger partial charge >= 0.3 is 0 Å². The number of nitrogens with zero attached hydrogens (tertiary/aromatic N) is 1. The molecule has 0 unspecified atom stereocenters. The van der Waals surface area contributed by atoms with E-state index in [0.717, 1.165) is 24.7 Å². The van der Waals surface area contributed by atoms with Gasteiger partial charge in [0.2, 0.25) is 0 Å². The molecule has 0 aliphatic heterocycles. The van der Waals surface area contributed by atoms with Crippen molar-refractivity contribution in [3.8, 4) is 0 Å². The van der Waals surface area contributed by atoms with Crippen LogP contribution in [0.15, 0.2) is 12.2 Å². The first-order valence-electron chi connectivity index (χ1n) is 5.24. The lowest BCUT2D eigenvalue weighted by Gasteiger charge is -2.27. The molecule has 0 amide bonds. The lowest BCUT2D eigenvalue weighted by atomic mass is 10.2. The van der Waals surface area contributed by atoms with Crippen LogP contribution < -0.4 is 0 Å². The average Bonchev–Trinajstić information content (AvgIpc) is 2.66. The highest BCUT2D eigenvalue weighted by Gasteiger charge is 2.21. The Morgan fingerprint density at radius 2 is 2.08 bits per heavy atom. The van der Waals surface area contributed by atoms with E-state index in [0.29, 0.717) is 5.88 Å². The largest absolute Gasteiger partial charge is 0.297 e. The van der Waals surface area contributed by atoms with Gasteiger partial charge in [-0.2, -0.15) is 0 Å². The van der Waals surface area contributed by atoms with E-state index in [2.05, 4.69) is 18.4 Å². The van der Waals surface area contributed by atoms with Crippen molar-refractivity contribution in [2.75, 3.05) is 19.0 Å². The summed E-state index contributed by atoms with van der Waals surface area (Å²) in [5, 5.41) is 0. The maximum Gasteiger partial charge on any atom is 0.0443 e. The van der Waals surface area contributed by atoms with Crippen molar-refractivity contribution in [2.45, 2.75) is 38.6 Å². The van der Waals surface area contributed by atoms with Crippen molar-refractivity contribution in [3.05, 3.63) is 12.2 Å². The molecule has 76 valence electrons. The van der Waals surface area contributed by atoms with Crippen LogP contribution in [0.3, 0.4) is 0 Å². The van der Waals surface area contributed by atoms with Crippen molar-refractivity contribution >= 4 is 11.6 Å². The predicted octanol–water partition coefficient (Wildman–Crippen LogP) is 3.05. The summed E-state index contributed by atoms with van der Waals surface area (Å²) >= 11 is 5.73. The van der Waals surface area contributed by atoms with Crippen LogP contribution in [0.1, 0.15) is 32.6 Å². The summed E-state index contributed by atoms with van der Waals surface area (Å²) < 4.78 is 0. The number of halogens is 1. The maximum absolute atomic E-state index is 5.73. The molecule has 0 radical (unpaired) electrons. The van der Waals surface area contributed by atoms with E-state index in [4.69, 9.17) is 11.6 Å². The van der Waals surface area contributed by atoms with Crippen molar-refractivity contribution in [2.24, 2.45) is 0 Å². The SMILES string of the molecule is C=C(CCl)CN(CC)C1CCCC1. The van der Waals surface area contributed by atoms with E-state index in [9.17, 15) is 0 Å². The monoisotopic (exact) mass is 201 g/mol. The van der Waals surface area contributed by atoms with Gasteiger partial charge in [0.1, 0.15) is 0 Å². The summed E-state index contributed by atoms with van der Waals surface area (Å²) in [5.41, 5.74) is 1.15. The highest BCUT2D eigenvalue weighted by atomic mass is 35.5. The average molecular weight is 202 g/mol. The Morgan fingerprint density at radius 1 is 1.46 bits per heavy atom. The Balaban J connectivity index is 2.37. The van der Waals surface area contributed by atoms with E-state index in [1.165, 1.54) is 25.7 Å². The van der Waals surface area contributed by atoms with Crippen LogP contribution in [0.25, 0.3) is 0 Å². The number of alkyl halides is 1. The molecule has 0 spiro atoms. The molecule has 1 aliphatic rings. The molecule has 13 heavy (non-hydrogen) atoms. The van der Waals surface area contributed by atoms with Gasteiger partial charge in [-0.3, -0.25) is 4.90 Å². The van der Waals surface area contributed by atoms with E-state index >= 15 is 0 Å². The topological polar surface area (TPSA) is 3.24 Å². The summed E-state index contributed by atoms with van der Waals surface area (Å²) in [6, 6.07) is 0.796. The third kappa shape index (κ3) is 3.32. The molecule has 0 aromatic heterocycles. The van der Waals surface area contributed by atoms with Gasteiger partial charge < -0.3 is 0 Å². The molecule has 1 rings (SSSR count). The molecule has 1 aliphatic carbocycles. The molecule has 2 heteroatoms. The van der Waals surface area contributed by atoms with Crippen LogP contribution in [-0.4, -0.2) is 29.9 Å². The number of hydrogen-bond donors (Lipinski definition) is 0. The fourth-order valence-electron chi connectivity index (χ4n) is 2.10. The van der Waals surface area contributed by atoms with Crippen LogP contribution in [0, 0.1) is 0 Å². The maximum atomic E-state index is 5.73. The first-order valence-corrected chi connectivity index (χ1v) is 5.78. The van der Waals surface area contributed by atoms with E-state index in [1.54, 1.807) is 0 Å². The number of likely N-dealkylation sites (N-methyl/N-ethyl adjacent to an activating group) is 1. The molecule has 0 bridgehead atoms.